The molecule has 11 heteroatoms. The zero-order valence-corrected chi connectivity index (χ0v) is 17.9. The van der Waals surface area contributed by atoms with E-state index in [1.165, 1.54) is 11.9 Å². The Morgan fingerprint density at radius 2 is 2.23 bits per heavy atom. The summed E-state index contributed by atoms with van der Waals surface area (Å²) in [6, 6.07) is 6.82. The first-order valence-corrected chi connectivity index (χ1v) is 10.2. The highest BCUT2D eigenvalue weighted by Crippen LogP contribution is 2.27. The minimum Gasteiger partial charge on any atom is -0.624 e. The lowest BCUT2D eigenvalue weighted by Crippen LogP contribution is -2.42. The van der Waals surface area contributed by atoms with Gasteiger partial charge in [0.05, 0.1) is 30.1 Å². The van der Waals surface area contributed by atoms with Crippen molar-refractivity contribution in [2.45, 2.75) is 6.42 Å². The normalized spacial score (nSPS) is 18.6. The molecule has 2 aromatic heterocycles. The number of halogens is 1. The highest BCUT2D eigenvalue weighted by Gasteiger charge is 2.37. The number of aromatic nitrogens is 4. The van der Waals surface area contributed by atoms with Crippen LogP contribution in [0.3, 0.4) is 0 Å². The summed E-state index contributed by atoms with van der Waals surface area (Å²) < 4.78 is -0.136. The Kier molecular flexibility index (Phi) is 5.66. The van der Waals surface area contributed by atoms with Gasteiger partial charge in [0.2, 0.25) is 5.95 Å². The molecule has 0 saturated carbocycles. The van der Waals surface area contributed by atoms with Gasteiger partial charge in [0.25, 0.3) is 0 Å². The minimum absolute atomic E-state index is 0.236. The van der Waals surface area contributed by atoms with Crippen molar-refractivity contribution in [1.29, 1.82) is 0 Å². The predicted octanol–water partition coefficient (Wildman–Crippen LogP) is 3.24. The minimum atomic E-state index is -0.888. The Bertz CT molecular complexity index is 1040. The smallest absolute Gasteiger partial charge is 0.423 e. The lowest BCUT2D eigenvalue weighted by molar-refractivity contribution is -0.765. The zero-order valence-electron chi connectivity index (χ0n) is 16.3. The third-order valence-corrected chi connectivity index (χ3v) is 5.37. The van der Waals surface area contributed by atoms with Crippen molar-refractivity contribution >= 4 is 45.1 Å². The van der Waals surface area contributed by atoms with Crippen molar-refractivity contribution in [3.63, 3.8) is 0 Å². The summed E-state index contributed by atoms with van der Waals surface area (Å²) in [5.74, 6) is 1.08. The summed E-state index contributed by atoms with van der Waals surface area (Å²) in [6.07, 6.45) is 5.89. The van der Waals surface area contributed by atoms with E-state index in [-0.39, 0.29) is 6.54 Å². The van der Waals surface area contributed by atoms with Crippen LogP contribution in [0.15, 0.2) is 47.5 Å². The number of hydroxylamine groups is 3. The van der Waals surface area contributed by atoms with Gasteiger partial charge in [-0.1, -0.05) is 6.07 Å². The van der Waals surface area contributed by atoms with E-state index in [0.29, 0.717) is 30.5 Å². The second-order valence-corrected chi connectivity index (χ2v) is 7.93. The molecule has 0 radical (unpaired) electrons. The third kappa shape index (κ3) is 4.42. The van der Waals surface area contributed by atoms with Crippen LogP contribution in [-0.4, -0.2) is 57.3 Å². The molecule has 0 bridgehead atoms. The van der Waals surface area contributed by atoms with E-state index < -0.39 is 10.7 Å². The molecule has 4 rings (SSSR count). The molecular weight excluding hydrogens is 452 g/mol. The molecule has 156 valence electrons. The molecule has 3 N–H and O–H groups in total. The van der Waals surface area contributed by atoms with E-state index in [1.807, 2.05) is 12.1 Å². The molecule has 1 aliphatic heterocycles. The Morgan fingerprint density at radius 3 is 2.97 bits per heavy atom. The number of amides is 2. The number of imidazole rings is 1. The van der Waals surface area contributed by atoms with Gasteiger partial charge < -0.3 is 20.8 Å². The summed E-state index contributed by atoms with van der Waals surface area (Å²) in [5, 5.41) is 18.5. The molecule has 1 atom stereocenters. The van der Waals surface area contributed by atoms with E-state index in [1.54, 1.807) is 30.9 Å². The number of hydrogen-bond donors (Lipinski definition) is 3. The van der Waals surface area contributed by atoms with Crippen LogP contribution in [0.1, 0.15) is 5.69 Å². The monoisotopic (exact) mass is 472 g/mol. The molecule has 0 spiro atoms. The van der Waals surface area contributed by atoms with Crippen LogP contribution < -0.4 is 15.5 Å². The van der Waals surface area contributed by atoms with Gasteiger partial charge in [-0.25, -0.2) is 14.8 Å². The van der Waals surface area contributed by atoms with Gasteiger partial charge in [0.1, 0.15) is 12.4 Å². The first kappa shape index (κ1) is 20.3. The van der Waals surface area contributed by atoms with Crippen LogP contribution in [0.4, 0.5) is 27.9 Å². The number of hydrogen-bond acceptors (Lipinski definition) is 7. The van der Waals surface area contributed by atoms with Crippen LogP contribution in [0.25, 0.3) is 0 Å². The van der Waals surface area contributed by atoms with Gasteiger partial charge in [-0.05, 0) is 34.1 Å². The van der Waals surface area contributed by atoms with Crippen molar-refractivity contribution in [3.8, 4) is 0 Å². The third-order valence-electron chi connectivity index (χ3n) is 4.79. The second kappa shape index (κ2) is 8.38. The number of urea groups is 1. The number of anilines is 4. The van der Waals surface area contributed by atoms with Crippen molar-refractivity contribution in [3.05, 3.63) is 58.4 Å². The maximum Gasteiger partial charge on any atom is 0.423 e. The van der Waals surface area contributed by atoms with Crippen LogP contribution >= 0.6 is 15.9 Å². The van der Waals surface area contributed by atoms with Crippen molar-refractivity contribution in [2.75, 3.05) is 42.2 Å². The summed E-state index contributed by atoms with van der Waals surface area (Å²) in [6.45, 7) is 1.30. The van der Waals surface area contributed by atoms with E-state index in [9.17, 15) is 10.0 Å². The van der Waals surface area contributed by atoms with Crippen LogP contribution in [0.2, 0.25) is 0 Å². The lowest BCUT2D eigenvalue weighted by Gasteiger charge is -2.29. The summed E-state index contributed by atoms with van der Waals surface area (Å²) >= 11 is 3.46. The highest BCUT2D eigenvalue weighted by atomic mass is 79.9. The molecular formula is C19H21BrN8O2. The summed E-state index contributed by atoms with van der Waals surface area (Å²) in [7, 11) is 1.38. The summed E-state index contributed by atoms with van der Waals surface area (Å²) in [5.41, 5.74) is 2.42. The van der Waals surface area contributed by atoms with Gasteiger partial charge in [0, 0.05) is 36.7 Å². The average molecular weight is 473 g/mol. The number of carbonyl (C=O) groups is 1. The molecule has 1 saturated heterocycles. The van der Waals surface area contributed by atoms with Crippen LogP contribution in [-0.2, 0) is 6.42 Å². The van der Waals surface area contributed by atoms with E-state index in [4.69, 9.17) is 0 Å². The largest absolute Gasteiger partial charge is 0.624 e. The number of quaternary nitrogens is 1. The average Bonchev–Trinajstić information content (AvgIpc) is 3.33. The Hall–Kier alpha value is -3.02. The van der Waals surface area contributed by atoms with E-state index in [2.05, 4.69) is 46.5 Å². The van der Waals surface area contributed by atoms with E-state index in [0.717, 1.165) is 22.3 Å². The first-order chi connectivity index (χ1) is 14.4. The Balaban J connectivity index is 1.45. The first-order valence-electron chi connectivity index (χ1n) is 9.42. The maximum absolute atomic E-state index is 12.3. The SMILES string of the molecule is C[N+]1([O-])CCN(c2cccc(Nc3ncc(Br)c(NCCc4cnc[nH]4)n3)c2)C1=O. The van der Waals surface area contributed by atoms with Gasteiger partial charge in [0.15, 0.2) is 0 Å². The molecule has 1 aromatic carbocycles. The van der Waals surface area contributed by atoms with Crippen molar-refractivity contribution < 1.29 is 9.44 Å². The number of benzene rings is 1. The number of rotatable bonds is 7. The topological polar surface area (TPSA) is 122 Å². The van der Waals surface area contributed by atoms with Crippen molar-refractivity contribution in [2.24, 2.45) is 0 Å². The number of nitrogens with one attached hydrogen (secondary N) is 3. The predicted molar refractivity (Wildman–Crippen MR) is 117 cm³/mol. The molecule has 2 amide bonds. The van der Waals surface area contributed by atoms with Gasteiger partial charge in [-0.2, -0.15) is 4.98 Å². The second-order valence-electron chi connectivity index (χ2n) is 7.08. The summed E-state index contributed by atoms with van der Waals surface area (Å²) in [4.78, 5) is 29.7. The molecule has 10 nitrogen and oxygen atoms in total. The number of carbonyl (C=O) groups excluding carboxylic acids is 1. The van der Waals surface area contributed by atoms with Gasteiger partial charge in [-0.15, -0.1) is 0 Å². The standard InChI is InChI=1S/C19H21BrN8O2/c1-28(30)8-7-27(19(28)29)15-4-2-3-13(9-15)25-18-23-11-16(20)17(26-18)22-6-5-14-10-21-12-24-14/h2-4,9-12H,5-8H2,1H3,(H,21,24)(H2,22,23,25,26). The number of H-pyrrole nitrogens is 1. The maximum atomic E-state index is 12.3. The Labute approximate surface area is 181 Å². The lowest BCUT2D eigenvalue weighted by atomic mass is 10.2. The molecule has 1 fully saturated rings. The number of nitrogens with zero attached hydrogens (tertiary/aromatic N) is 5. The quantitative estimate of drug-likeness (QED) is 0.356. The van der Waals surface area contributed by atoms with Crippen LogP contribution in [0.5, 0.6) is 0 Å². The zero-order chi connectivity index (χ0) is 21.1. The van der Waals surface area contributed by atoms with Crippen molar-refractivity contribution in [1.82, 2.24) is 19.9 Å². The molecule has 3 aromatic rings. The fourth-order valence-electron chi connectivity index (χ4n) is 3.15. The van der Waals surface area contributed by atoms with Gasteiger partial charge >= 0.3 is 6.03 Å². The number of likely N-dealkylation sites (N-methyl/N-ethyl adjacent to an activating group) is 1. The highest BCUT2D eigenvalue weighted by molar-refractivity contribution is 9.10. The molecule has 0 aliphatic carbocycles. The fraction of sp³-hybridized carbons (Fsp3) is 0.263. The molecule has 1 unspecified atom stereocenters. The molecule has 1 aliphatic rings. The number of aromatic amines is 1. The molecule has 3 heterocycles. The van der Waals surface area contributed by atoms with Gasteiger partial charge in [-0.3, -0.25) is 9.55 Å². The fourth-order valence-corrected chi connectivity index (χ4v) is 3.48. The Morgan fingerprint density at radius 1 is 1.37 bits per heavy atom. The van der Waals surface area contributed by atoms with E-state index >= 15 is 0 Å². The van der Waals surface area contributed by atoms with Crippen LogP contribution in [0, 0.1) is 5.21 Å². The molecule has 30 heavy (non-hydrogen) atoms.